The predicted octanol–water partition coefficient (Wildman–Crippen LogP) is 4.47. The van der Waals surface area contributed by atoms with Crippen molar-refractivity contribution in [1.82, 2.24) is 4.90 Å². The van der Waals surface area contributed by atoms with E-state index in [1.165, 1.54) is 37.0 Å². The smallest absolute Gasteiger partial charge is 0.0985 e. The molecule has 0 saturated heterocycles. The van der Waals surface area contributed by atoms with Crippen LogP contribution >= 0.6 is 11.3 Å². The molecule has 0 bridgehead atoms. The first kappa shape index (κ1) is 12.4. The third-order valence-electron chi connectivity index (χ3n) is 4.42. The molecule has 18 heavy (non-hydrogen) atoms. The first-order valence-electron chi connectivity index (χ1n) is 6.95. The van der Waals surface area contributed by atoms with E-state index in [0.717, 1.165) is 13.1 Å². The van der Waals surface area contributed by atoms with Gasteiger partial charge in [0.1, 0.15) is 0 Å². The third kappa shape index (κ3) is 2.14. The van der Waals surface area contributed by atoms with E-state index in [1.807, 2.05) is 11.3 Å². The fourth-order valence-electron chi connectivity index (χ4n) is 3.43. The molecule has 0 atom stereocenters. The molecule has 0 aromatic carbocycles. The zero-order valence-corrected chi connectivity index (χ0v) is 11.5. The molecule has 2 aliphatic rings. The summed E-state index contributed by atoms with van der Waals surface area (Å²) in [5, 5.41) is 2.17. The molecule has 1 aromatic heterocycles. The third-order valence-corrected chi connectivity index (χ3v) is 5.48. The lowest BCUT2D eigenvalue weighted by Crippen LogP contribution is -2.48. The summed E-state index contributed by atoms with van der Waals surface area (Å²) in [7, 11) is 0. The number of rotatable bonds is 2. The Morgan fingerprint density at radius 2 is 2.06 bits per heavy atom. The molecule has 3 rings (SSSR count). The SMILES string of the molecule is FC1=CCN(C2(c3cccs3)CCCCC2)CC1. The Bertz CT molecular complexity index is 418. The second-order valence-electron chi connectivity index (χ2n) is 5.42. The highest BCUT2D eigenvalue weighted by Crippen LogP contribution is 2.45. The first-order valence-corrected chi connectivity index (χ1v) is 7.83. The number of hydrogen-bond acceptors (Lipinski definition) is 2. The van der Waals surface area contributed by atoms with Crippen LogP contribution in [0.3, 0.4) is 0 Å². The van der Waals surface area contributed by atoms with E-state index >= 15 is 0 Å². The summed E-state index contributed by atoms with van der Waals surface area (Å²) < 4.78 is 13.2. The van der Waals surface area contributed by atoms with E-state index in [0.29, 0.717) is 6.42 Å². The molecule has 1 aliphatic heterocycles. The minimum Gasteiger partial charge on any atom is -0.289 e. The maximum atomic E-state index is 13.2. The fraction of sp³-hybridized carbons (Fsp3) is 0.600. The van der Waals surface area contributed by atoms with Gasteiger partial charge in [-0.25, -0.2) is 4.39 Å². The normalized spacial score (nSPS) is 24.8. The lowest BCUT2D eigenvalue weighted by Gasteiger charge is -2.47. The predicted molar refractivity (Wildman–Crippen MR) is 74.5 cm³/mol. The second-order valence-corrected chi connectivity index (χ2v) is 6.36. The van der Waals surface area contributed by atoms with Crippen molar-refractivity contribution in [3.8, 4) is 0 Å². The van der Waals surface area contributed by atoms with E-state index in [9.17, 15) is 4.39 Å². The van der Waals surface area contributed by atoms with Crippen LogP contribution in [0.4, 0.5) is 4.39 Å². The Labute approximate surface area is 112 Å². The van der Waals surface area contributed by atoms with E-state index in [4.69, 9.17) is 0 Å². The second kappa shape index (κ2) is 5.14. The molecule has 98 valence electrons. The topological polar surface area (TPSA) is 3.24 Å². The van der Waals surface area contributed by atoms with Crippen LogP contribution in [0.1, 0.15) is 43.4 Å². The zero-order chi connectivity index (χ0) is 12.4. The average molecular weight is 265 g/mol. The lowest BCUT2D eigenvalue weighted by atomic mass is 9.78. The van der Waals surface area contributed by atoms with Crippen molar-refractivity contribution in [3.63, 3.8) is 0 Å². The summed E-state index contributed by atoms with van der Waals surface area (Å²) in [5.41, 5.74) is 0.198. The molecular weight excluding hydrogens is 245 g/mol. The van der Waals surface area contributed by atoms with Crippen LogP contribution in [-0.4, -0.2) is 18.0 Å². The summed E-state index contributed by atoms with van der Waals surface area (Å²) in [5.74, 6) is 0.0726. The molecule has 2 heterocycles. The van der Waals surface area contributed by atoms with E-state index in [1.54, 1.807) is 6.08 Å². The molecule has 0 spiro atoms. The molecule has 3 heteroatoms. The van der Waals surface area contributed by atoms with Crippen molar-refractivity contribution in [1.29, 1.82) is 0 Å². The van der Waals surface area contributed by atoms with Crippen LogP contribution in [0.5, 0.6) is 0 Å². The van der Waals surface area contributed by atoms with E-state index in [-0.39, 0.29) is 11.4 Å². The highest BCUT2D eigenvalue weighted by Gasteiger charge is 2.40. The quantitative estimate of drug-likeness (QED) is 0.762. The van der Waals surface area contributed by atoms with Gasteiger partial charge in [0.15, 0.2) is 0 Å². The molecule has 1 aromatic rings. The molecule has 1 nitrogen and oxygen atoms in total. The average Bonchev–Trinajstić information content (AvgIpc) is 2.95. The van der Waals surface area contributed by atoms with Crippen LogP contribution in [0.25, 0.3) is 0 Å². The monoisotopic (exact) mass is 265 g/mol. The van der Waals surface area contributed by atoms with Gasteiger partial charge in [-0.2, -0.15) is 0 Å². The number of thiophene rings is 1. The minimum atomic E-state index is 0.0726. The van der Waals surface area contributed by atoms with Crippen molar-refractivity contribution in [2.24, 2.45) is 0 Å². The van der Waals surface area contributed by atoms with Gasteiger partial charge in [-0.1, -0.05) is 25.3 Å². The van der Waals surface area contributed by atoms with Gasteiger partial charge in [0.25, 0.3) is 0 Å². The molecule has 1 aliphatic carbocycles. The van der Waals surface area contributed by atoms with Crippen molar-refractivity contribution in [2.75, 3.05) is 13.1 Å². The van der Waals surface area contributed by atoms with Gasteiger partial charge in [-0.05, 0) is 30.4 Å². The Kier molecular flexibility index (Phi) is 3.53. The van der Waals surface area contributed by atoms with Crippen molar-refractivity contribution in [2.45, 2.75) is 44.1 Å². The standard InChI is InChI=1S/C15H20FNS/c16-13-6-10-17(11-7-13)15(8-2-1-3-9-15)14-5-4-12-18-14/h4-6,12H,1-3,7-11H2. The maximum Gasteiger partial charge on any atom is 0.0985 e. The molecular formula is C15H20FNS. The largest absolute Gasteiger partial charge is 0.289 e. The first-order chi connectivity index (χ1) is 8.81. The number of halogens is 1. The molecule has 1 fully saturated rings. The highest BCUT2D eigenvalue weighted by molar-refractivity contribution is 7.10. The highest BCUT2D eigenvalue weighted by atomic mass is 32.1. The molecule has 0 amide bonds. The lowest BCUT2D eigenvalue weighted by molar-refractivity contribution is 0.0551. The number of hydrogen-bond donors (Lipinski definition) is 0. The molecule has 0 unspecified atom stereocenters. The van der Waals surface area contributed by atoms with E-state index in [2.05, 4.69) is 22.4 Å². The van der Waals surface area contributed by atoms with Crippen LogP contribution in [0, 0.1) is 0 Å². The van der Waals surface area contributed by atoms with Crippen LogP contribution in [0.15, 0.2) is 29.4 Å². The number of nitrogens with zero attached hydrogens (tertiary/aromatic N) is 1. The van der Waals surface area contributed by atoms with Gasteiger partial charge in [0, 0.05) is 24.4 Å². The minimum absolute atomic E-state index is 0.0726. The molecule has 1 saturated carbocycles. The summed E-state index contributed by atoms with van der Waals surface area (Å²) in [6.45, 7) is 1.66. The Morgan fingerprint density at radius 1 is 1.22 bits per heavy atom. The summed E-state index contributed by atoms with van der Waals surface area (Å²) in [6.07, 6.45) is 8.80. The van der Waals surface area contributed by atoms with Gasteiger partial charge in [-0.3, -0.25) is 4.90 Å². The van der Waals surface area contributed by atoms with Gasteiger partial charge in [0.05, 0.1) is 11.4 Å². The Hall–Kier alpha value is -0.670. The van der Waals surface area contributed by atoms with Gasteiger partial charge >= 0.3 is 0 Å². The molecule has 0 radical (unpaired) electrons. The van der Waals surface area contributed by atoms with Crippen LogP contribution < -0.4 is 0 Å². The zero-order valence-electron chi connectivity index (χ0n) is 10.7. The van der Waals surface area contributed by atoms with Crippen molar-refractivity contribution in [3.05, 3.63) is 34.3 Å². The Morgan fingerprint density at radius 3 is 2.67 bits per heavy atom. The molecule has 0 N–H and O–H groups in total. The summed E-state index contributed by atoms with van der Waals surface area (Å²) >= 11 is 1.87. The van der Waals surface area contributed by atoms with Gasteiger partial charge < -0.3 is 0 Å². The Balaban J connectivity index is 1.90. The summed E-state index contributed by atoms with van der Waals surface area (Å²) in [4.78, 5) is 4.00. The van der Waals surface area contributed by atoms with Gasteiger partial charge in [0.2, 0.25) is 0 Å². The maximum absolute atomic E-state index is 13.2. The van der Waals surface area contributed by atoms with Crippen molar-refractivity contribution >= 4 is 11.3 Å². The summed E-state index contributed by atoms with van der Waals surface area (Å²) in [6, 6.07) is 4.42. The van der Waals surface area contributed by atoms with Crippen LogP contribution in [-0.2, 0) is 5.54 Å². The van der Waals surface area contributed by atoms with Gasteiger partial charge in [-0.15, -0.1) is 11.3 Å². The van der Waals surface area contributed by atoms with Crippen LogP contribution in [0.2, 0.25) is 0 Å². The van der Waals surface area contributed by atoms with Crippen molar-refractivity contribution < 1.29 is 4.39 Å². The fourth-order valence-corrected chi connectivity index (χ4v) is 4.45. The van der Waals surface area contributed by atoms with E-state index < -0.39 is 0 Å².